The number of amides is 2. The molecule has 0 fully saturated rings. The van der Waals surface area contributed by atoms with E-state index in [1.807, 2.05) is 20.8 Å². The monoisotopic (exact) mass is 633 g/mol. The van der Waals surface area contributed by atoms with Crippen LogP contribution in [0.25, 0.3) is 0 Å². The Morgan fingerprint density at radius 1 is 0.929 bits per heavy atom. The van der Waals surface area contributed by atoms with Gasteiger partial charge in [0.1, 0.15) is 18.3 Å². The summed E-state index contributed by atoms with van der Waals surface area (Å²) < 4.78 is 34.6. The number of rotatable bonds is 13. The molecule has 3 aromatic rings. The van der Waals surface area contributed by atoms with Crippen molar-refractivity contribution in [1.82, 2.24) is 10.2 Å². The molecule has 0 unspecified atom stereocenters. The second kappa shape index (κ2) is 14.8. The summed E-state index contributed by atoms with van der Waals surface area (Å²) in [7, 11) is -2.82. The van der Waals surface area contributed by atoms with E-state index in [0.717, 1.165) is 9.87 Å². The number of methoxy groups -OCH3 is 1. The lowest BCUT2D eigenvalue weighted by Crippen LogP contribution is -2.53. The number of sulfonamides is 1. The molecule has 2 atom stereocenters. The zero-order valence-electron chi connectivity index (χ0n) is 24.4. The van der Waals surface area contributed by atoms with E-state index in [1.54, 1.807) is 61.5 Å². The maximum Gasteiger partial charge on any atom is 0.264 e. The minimum absolute atomic E-state index is 0.00839. The SMILES string of the molecule is CC[C@@H](C)NC(=O)[C@H](CC)N(Cc1c(Cl)cccc1Cl)C(=O)CN(c1ccccc1OC)S(=O)(=O)c1ccc(C)cc1. The Morgan fingerprint density at radius 3 is 2.12 bits per heavy atom. The van der Waals surface area contributed by atoms with E-state index in [2.05, 4.69) is 5.32 Å². The molecule has 0 spiro atoms. The van der Waals surface area contributed by atoms with Crippen LogP contribution in [0.3, 0.4) is 0 Å². The number of hydrogen-bond donors (Lipinski definition) is 1. The molecular weight excluding hydrogens is 597 g/mol. The van der Waals surface area contributed by atoms with E-state index in [-0.39, 0.29) is 41.2 Å². The van der Waals surface area contributed by atoms with Gasteiger partial charge in [0.2, 0.25) is 11.8 Å². The van der Waals surface area contributed by atoms with Gasteiger partial charge in [-0.3, -0.25) is 13.9 Å². The first-order chi connectivity index (χ1) is 19.9. The molecule has 8 nitrogen and oxygen atoms in total. The number of carbonyl (C=O) groups is 2. The average Bonchev–Trinajstić information content (AvgIpc) is 2.97. The van der Waals surface area contributed by atoms with E-state index in [0.29, 0.717) is 22.0 Å². The molecule has 42 heavy (non-hydrogen) atoms. The van der Waals surface area contributed by atoms with E-state index in [1.165, 1.54) is 24.1 Å². The molecule has 0 saturated carbocycles. The van der Waals surface area contributed by atoms with Crippen LogP contribution in [0.4, 0.5) is 5.69 Å². The van der Waals surface area contributed by atoms with Crippen molar-refractivity contribution in [3.05, 3.63) is 87.9 Å². The highest BCUT2D eigenvalue weighted by Gasteiger charge is 2.35. The highest BCUT2D eigenvalue weighted by molar-refractivity contribution is 7.92. The van der Waals surface area contributed by atoms with Gasteiger partial charge >= 0.3 is 0 Å². The highest BCUT2D eigenvalue weighted by atomic mass is 35.5. The number of para-hydroxylation sites is 2. The lowest BCUT2D eigenvalue weighted by atomic mass is 10.1. The molecule has 0 aromatic heterocycles. The molecule has 3 rings (SSSR count). The highest BCUT2D eigenvalue weighted by Crippen LogP contribution is 2.33. The fourth-order valence-electron chi connectivity index (χ4n) is 4.40. The first-order valence-electron chi connectivity index (χ1n) is 13.7. The van der Waals surface area contributed by atoms with Crippen molar-refractivity contribution in [2.24, 2.45) is 0 Å². The van der Waals surface area contributed by atoms with Crippen molar-refractivity contribution >= 4 is 50.7 Å². The number of nitrogens with one attached hydrogen (secondary N) is 1. The lowest BCUT2D eigenvalue weighted by Gasteiger charge is -2.34. The van der Waals surface area contributed by atoms with Crippen LogP contribution in [0.1, 0.15) is 44.7 Å². The third-order valence-corrected chi connectivity index (χ3v) is 9.50. The zero-order valence-corrected chi connectivity index (χ0v) is 26.8. The number of aryl methyl sites for hydroxylation is 1. The van der Waals surface area contributed by atoms with E-state index < -0.39 is 28.5 Å². The Labute approximate surface area is 258 Å². The smallest absolute Gasteiger partial charge is 0.264 e. The topological polar surface area (TPSA) is 96.0 Å². The molecule has 1 N–H and O–H groups in total. The summed E-state index contributed by atoms with van der Waals surface area (Å²) in [5.74, 6) is -0.699. The molecule has 0 radical (unpaired) electrons. The Bertz CT molecular complexity index is 1480. The van der Waals surface area contributed by atoms with E-state index in [9.17, 15) is 18.0 Å². The van der Waals surface area contributed by atoms with Gasteiger partial charge in [-0.1, -0.05) is 72.9 Å². The Hall–Kier alpha value is -3.27. The Morgan fingerprint density at radius 2 is 1.55 bits per heavy atom. The van der Waals surface area contributed by atoms with Crippen LogP contribution in [-0.2, 0) is 26.2 Å². The van der Waals surface area contributed by atoms with Crippen LogP contribution >= 0.6 is 23.2 Å². The predicted octanol–water partition coefficient (Wildman–Crippen LogP) is 6.23. The standard InChI is InChI=1S/C31H37Cl2N3O5S/c1-6-22(4)34-31(38)27(7-2)35(19-24-25(32)11-10-12-26(24)33)30(37)20-36(28-13-8-9-14-29(28)41-5)42(39,40)23-17-15-21(3)16-18-23/h8-18,22,27H,6-7,19-20H2,1-5H3,(H,34,38)/t22-,27+/m1/s1. The van der Waals surface area contributed by atoms with Gasteiger partial charge in [0, 0.05) is 28.2 Å². The summed E-state index contributed by atoms with van der Waals surface area (Å²) in [6.45, 7) is 6.75. The summed E-state index contributed by atoms with van der Waals surface area (Å²) >= 11 is 12.9. The van der Waals surface area contributed by atoms with Crippen LogP contribution < -0.4 is 14.4 Å². The lowest BCUT2D eigenvalue weighted by molar-refractivity contribution is -0.140. The largest absolute Gasteiger partial charge is 0.495 e. The average molecular weight is 635 g/mol. The van der Waals surface area contributed by atoms with Gasteiger partial charge in [-0.2, -0.15) is 0 Å². The fraction of sp³-hybridized carbons (Fsp3) is 0.355. The van der Waals surface area contributed by atoms with Crippen molar-refractivity contribution in [2.75, 3.05) is 18.0 Å². The van der Waals surface area contributed by atoms with Gasteiger partial charge in [0.15, 0.2) is 0 Å². The molecular formula is C31H37Cl2N3O5S. The Kier molecular flexibility index (Phi) is 11.7. The predicted molar refractivity (Wildman–Crippen MR) is 168 cm³/mol. The van der Waals surface area contributed by atoms with Crippen molar-refractivity contribution in [3.63, 3.8) is 0 Å². The number of halogens is 2. The molecule has 2 amide bonds. The van der Waals surface area contributed by atoms with Gasteiger partial charge in [-0.05, 0) is 63.1 Å². The molecule has 226 valence electrons. The molecule has 3 aromatic carbocycles. The first kappa shape index (κ1) is 33.2. The number of nitrogens with zero attached hydrogens (tertiary/aromatic N) is 2. The normalized spacial score (nSPS) is 12.7. The molecule has 0 aliphatic rings. The number of anilines is 1. The van der Waals surface area contributed by atoms with Gasteiger partial charge in [-0.15, -0.1) is 0 Å². The van der Waals surface area contributed by atoms with Crippen LogP contribution in [0.5, 0.6) is 5.75 Å². The third kappa shape index (κ3) is 7.76. The molecule has 0 bridgehead atoms. The quantitative estimate of drug-likeness (QED) is 0.241. The first-order valence-corrected chi connectivity index (χ1v) is 15.9. The minimum Gasteiger partial charge on any atom is -0.495 e. The number of benzene rings is 3. The summed E-state index contributed by atoms with van der Waals surface area (Å²) in [6.07, 6.45) is 0.971. The number of hydrogen-bond acceptors (Lipinski definition) is 5. The fourth-order valence-corrected chi connectivity index (χ4v) is 6.34. The molecule has 0 saturated heterocycles. The number of carbonyl (C=O) groups excluding carboxylic acids is 2. The van der Waals surface area contributed by atoms with Gasteiger partial charge in [0.25, 0.3) is 10.0 Å². The van der Waals surface area contributed by atoms with E-state index >= 15 is 0 Å². The van der Waals surface area contributed by atoms with Gasteiger partial charge in [0.05, 0.1) is 17.7 Å². The maximum atomic E-state index is 14.3. The van der Waals surface area contributed by atoms with Crippen molar-refractivity contribution < 1.29 is 22.7 Å². The summed E-state index contributed by atoms with van der Waals surface area (Å²) in [6, 6.07) is 16.9. The van der Waals surface area contributed by atoms with Gasteiger partial charge in [-0.25, -0.2) is 8.42 Å². The maximum absolute atomic E-state index is 14.3. The molecule has 0 aliphatic heterocycles. The molecule has 11 heteroatoms. The zero-order chi connectivity index (χ0) is 31.0. The second-order valence-electron chi connectivity index (χ2n) is 9.96. The van der Waals surface area contributed by atoms with Crippen molar-refractivity contribution in [3.8, 4) is 5.75 Å². The minimum atomic E-state index is -4.24. The molecule has 0 aliphatic carbocycles. The summed E-state index contributed by atoms with van der Waals surface area (Å²) in [5, 5.41) is 3.60. The van der Waals surface area contributed by atoms with Crippen LogP contribution in [-0.4, -0.2) is 50.9 Å². The second-order valence-corrected chi connectivity index (χ2v) is 12.6. The number of ether oxygens (including phenoxy) is 1. The van der Waals surface area contributed by atoms with Crippen LogP contribution in [0, 0.1) is 6.92 Å². The summed E-state index contributed by atoms with van der Waals surface area (Å²) in [4.78, 5) is 29.0. The third-order valence-electron chi connectivity index (χ3n) is 7.02. The van der Waals surface area contributed by atoms with E-state index in [4.69, 9.17) is 27.9 Å². The van der Waals surface area contributed by atoms with Crippen LogP contribution in [0.15, 0.2) is 71.6 Å². The Balaban J connectivity index is 2.14. The van der Waals surface area contributed by atoms with Gasteiger partial charge < -0.3 is 15.0 Å². The van der Waals surface area contributed by atoms with Crippen molar-refractivity contribution in [2.45, 2.75) is 64.1 Å². The van der Waals surface area contributed by atoms with Crippen molar-refractivity contribution in [1.29, 1.82) is 0 Å². The van der Waals surface area contributed by atoms with Crippen LogP contribution in [0.2, 0.25) is 10.0 Å². The molecule has 0 heterocycles. The summed E-state index contributed by atoms with van der Waals surface area (Å²) in [5.41, 5.74) is 1.52.